The van der Waals surface area contributed by atoms with Gasteiger partial charge in [-0.05, 0) is 51.3 Å². The number of halogens is 1. The monoisotopic (exact) mass is 569 g/mol. The Hall–Kier alpha value is -1.97. The van der Waals surface area contributed by atoms with Gasteiger partial charge in [-0.25, -0.2) is 4.99 Å². The first kappa shape index (κ1) is 27.3. The van der Waals surface area contributed by atoms with Gasteiger partial charge in [-0.3, -0.25) is 4.68 Å². The number of benzene rings is 1. The van der Waals surface area contributed by atoms with E-state index in [0.29, 0.717) is 6.54 Å². The zero-order valence-electron chi connectivity index (χ0n) is 21.0. The van der Waals surface area contributed by atoms with Gasteiger partial charge in [0.1, 0.15) is 0 Å². The molecule has 33 heavy (non-hydrogen) atoms. The molecule has 0 amide bonds. The van der Waals surface area contributed by atoms with Crippen molar-refractivity contribution in [2.45, 2.75) is 64.8 Å². The highest BCUT2D eigenvalue weighted by atomic mass is 127. The van der Waals surface area contributed by atoms with E-state index in [2.05, 4.69) is 41.7 Å². The van der Waals surface area contributed by atoms with Gasteiger partial charge in [0.2, 0.25) is 0 Å². The SMILES string of the molecule is CCNC(=NCc1c(C)nn(C)c1C)NCC1(c2ccc(OC)c(OC)c2)CCCCC1.I. The maximum atomic E-state index is 5.60. The molecule has 0 radical (unpaired) electrons. The number of guanidine groups is 1. The third-order valence-corrected chi connectivity index (χ3v) is 6.80. The first-order valence-corrected chi connectivity index (χ1v) is 11.7. The van der Waals surface area contributed by atoms with Crippen LogP contribution in [0.2, 0.25) is 0 Å². The van der Waals surface area contributed by atoms with E-state index in [9.17, 15) is 0 Å². The van der Waals surface area contributed by atoms with Gasteiger partial charge in [-0.2, -0.15) is 5.10 Å². The molecule has 8 heteroatoms. The highest BCUT2D eigenvalue weighted by Crippen LogP contribution is 2.42. The predicted molar refractivity (Wildman–Crippen MR) is 145 cm³/mol. The Morgan fingerprint density at radius 3 is 2.36 bits per heavy atom. The number of hydrogen-bond donors (Lipinski definition) is 2. The Morgan fingerprint density at radius 2 is 1.79 bits per heavy atom. The van der Waals surface area contributed by atoms with Gasteiger partial charge in [0, 0.05) is 36.8 Å². The molecule has 1 aliphatic carbocycles. The molecular weight excluding hydrogens is 529 g/mol. The Labute approximate surface area is 215 Å². The lowest BCUT2D eigenvalue weighted by Gasteiger charge is -2.38. The van der Waals surface area contributed by atoms with Gasteiger partial charge in [0.15, 0.2) is 17.5 Å². The zero-order chi connectivity index (χ0) is 23.1. The fourth-order valence-corrected chi connectivity index (χ4v) is 4.76. The summed E-state index contributed by atoms with van der Waals surface area (Å²) >= 11 is 0. The van der Waals surface area contributed by atoms with Crippen LogP contribution in [-0.2, 0) is 19.0 Å². The average molecular weight is 570 g/mol. The second-order valence-electron chi connectivity index (χ2n) is 8.73. The van der Waals surface area contributed by atoms with Gasteiger partial charge in [-0.1, -0.05) is 25.3 Å². The van der Waals surface area contributed by atoms with Crippen LogP contribution in [0.4, 0.5) is 0 Å². The largest absolute Gasteiger partial charge is 0.493 e. The molecule has 3 rings (SSSR count). The number of aliphatic imine (C=N–C) groups is 1. The molecule has 1 fully saturated rings. The van der Waals surface area contributed by atoms with Gasteiger partial charge in [0.05, 0.1) is 26.5 Å². The van der Waals surface area contributed by atoms with Gasteiger partial charge >= 0.3 is 0 Å². The number of hydrogen-bond acceptors (Lipinski definition) is 4. The average Bonchev–Trinajstić information content (AvgIpc) is 3.06. The Kier molecular flexibility index (Phi) is 10.3. The molecule has 0 unspecified atom stereocenters. The lowest BCUT2D eigenvalue weighted by atomic mass is 9.69. The summed E-state index contributed by atoms with van der Waals surface area (Å²) in [4.78, 5) is 4.89. The molecule has 0 saturated heterocycles. The molecule has 2 aromatic rings. The second-order valence-corrected chi connectivity index (χ2v) is 8.73. The molecule has 2 N–H and O–H groups in total. The normalized spacial score (nSPS) is 15.5. The number of nitrogens with one attached hydrogen (secondary N) is 2. The minimum atomic E-state index is 0. The molecule has 1 aromatic carbocycles. The van der Waals surface area contributed by atoms with Crippen molar-refractivity contribution in [3.8, 4) is 11.5 Å². The Bertz CT molecular complexity index is 935. The summed E-state index contributed by atoms with van der Waals surface area (Å²) < 4.78 is 13.0. The first-order chi connectivity index (χ1) is 15.4. The van der Waals surface area contributed by atoms with Gasteiger partial charge < -0.3 is 20.1 Å². The van der Waals surface area contributed by atoms with E-state index in [4.69, 9.17) is 14.5 Å². The third-order valence-electron chi connectivity index (χ3n) is 6.80. The maximum absolute atomic E-state index is 5.60. The van der Waals surface area contributed by atoms with Crippen molar-refractivity contribution in [1.29, 1.82) is 0 Å². The van der Waals surface area contributed by atoms with Crippen LogP contribution in [0.1, 0.15) is 61.5 Å². The van der Waals surface area contributed by atoms with Crippen molar-refractivity contribution in [3.63, 3.8) is 0 Å². The molecule has 0 aliphatic heterocycles. The zero-order valence-corrected chi connectivity index (χ0v) is 23.3. The topological polar surface area (TPSA) is 72.7 Å². The van der Waals surface area contributed by atoms with E-state index < -0.39 is 0 Å². The number of rotatable bonds is 8. The quantitative estimate of drug-likeness (QED) is 0.276. The highest BCUT2D eigenvalue weighted by molar-refractivity contribution is 14.0. The summed E-state index contributed by atoms with van der Waals surface area (Å²) in [6, 6.07) is 6.37. The smallest absolute Gasteiger partial charge is 0.191 e. The van der Waals surface area contributed by atoms with Crippen LogP contribution >= 0.6 is 24.0 Å². The summed E-state index contributed by atoms with van der Waals surface area (Å²) in [6.45, 7) is 8.51. The fraction of sp³-hybridized carbons (Fsp3) is 0.600. The van der Waals surface area contributed by atoms with Crippen LogP contribution in [0.3, 0.4) is 0 Å². The molecule has 0 spiro atoms. The standard InChI is InChI=1S/C25H39N5O2.HI/c1-7-26-24(27-16-21-18(2)29-30(4)19(21)3)28-17-25(13-9-8-10-14-25)20-11-12-22(31-5)23(15-20)32-6;/h11-12,15H,7-10,13-14,16-17H2,1-6H3,(H2,26,27,28);1H. The maximum Gasteiger partial charge on any atom is 0.191 e. The van der Waals surface area contributed by atoms with E-state index in [-0.39, 0.29) is 29.4 Å². The van der Waals surface area contributed by atoms with Crippen molar-refractivity contribution in [1.82, 2.24) is 20.4 Å². The summed E-state index contributed by atoms with van der Waals surface area (Å²) in [7, 11) is 5.36. The van der Waals surface area contributed by atoms with Crippen molar-refractivity contribution in [2.24, 2.45) is 12.0 Å². The number of nitrogens with zero attached hydrogens (tertiary/aromatic N) is 3. The molecule has 1 saturated carbocycles. The highest BCUT2D eigenvalue weighted by Gasteiger charge is 2.34. The second kappa shape index (κ2) is 12.5. The van der Waals surface area contributed by atoms with E-state index in [1.54, 1.807) is 14.2 Å². The van der Waals surface area contributed by atoms with E-state index in [1.807, 2.05) is 24.7 Å². The number of ether oxygens (including phenoxy) is 2. The number of aryl methyl sites for hydroxylation is 2. The number of methoxy groups -OCH3 is 2. The lowest BCUT2D eigenvalue weighted by Crippen LogP contribution is -2.46. The van der Waals surface area contributed by atoms with E-state index in [1.165, 1.54) is 30.4 Å². The van der Waals surface area contributed by atoms with Crippen molar-refractivity contribution in [3.05, 3.63) is 40.7 Å². The summed E-state index contributed by atoms with van der Waals surface area (Å²) in [6.07, 6.45) is 6.06. The molecule has 1 aliphatic rings. The van der Waals surface area contributed by atoms with Gasteiger partial charge in [0.25, 0.3) is 0 Å². The minimum Gasteiger partial charge on any atom is -0.493 e. The fourth-order valence-electron chi connectivity index (χ4n) is 4.76. The summed E-state index contributed by atoms with van der Waals surface area (Å²) in [5.41, 5.74) is 4.75. The van der Waals surface area contributed by atoms with E-state index in [0.717, 1.165) is 54.8 Å². The minimum absolute atomic E-state index is 0. The molecule has 184 valence electrons. The Morgan fingerprint density at radius 1 is 1.09 bits per heavy atom. The first-order valence-electron chi connectivity index (χ1n) is 11.7. The van der Waals surface area contributed by atoms with Crippen molar-refractivity contribution in [2.75, 3.05) is 27.3 Å². The molecule has 0 atom stereocenters. The van der Waals surface area contributed by atoms with Crippen molar-refractivity contribution < 1.29 is 9.47 Å². The van der Waals surface area contributed by atoms with E-state index >= 15 is 0 Å². The van der Waals surface area contributed by atoms with Crippen LogP contribution in [0, 0.1) is 13.8 Å². The van der Waals surface area contributed by atoms with Crippen LogP contribution in [0.15, 0.2) is 23.2 Å². The Balaban J connectivity index is 0.00000385. The molecule has 1 heterocycles. The van der Waals surface area contributed by atoms with Crippen LogP contribution in [-0.4, -0.2) is 43.0 Å². The number of aromatic nitrogens is 2. The summed E-state index contributed by atoms with van der Waals surface area (Å²) in [5, 5.41) is 11.6. The molecule has 0 bridgehead atoms. The van der Waals surface area contributed by atoms with Crippen LogP contribution in [0.25, 0.3) is 0 Å². The van der Waals surface area contributed by atoms with Gasteiger partial charge in [-0.15, -0.1) is 24.0 Å². The van der Waals surface area contributed by atoms with Crippen LogP contribution in [0.5, 0.6) is 11.5 Å². The summed E-state index contributed by atoms with van der Waals surface area (Å²) in [5.74, 6) is 2.41. The molecular formula is C25H40IN5O2. The lowest BCUT2D eigenvalue weighted by molar-refractivity contribution is 0.288. The predicted octanol–water partition coefficient (Wildman–Crippen LogP) is 4.63. The molecule has 7 nitrogen and oxygen atoms in total. The third kappa shape index (κ3) is 6.33. The van der Waals surface area contributed by atoms with Crippen LogP contribution < -0.4 is 20.1 Å². The molecule has 1 aromatic heterocycles. The van der Waals surface area contributed by atoms with Crippen molar-refractivity contribution >= 4 is 29.9 Å².